The van der Waals surface area contributed by atoms with Gasteiger partial charge in [0.05, 0.1) is 11.7 Å². The number of rotatable bonds is 1. The van der Waals surface area contributed by atoms with Crippen molar-refractivity contribution in [3.63, 3.8) is 0 Å². The van der Waals surface area contributed by atoms with Crippen molar-refractivity contribution in [1.29, 1.82) is 0 Å². The Kier molecular flexibility index (Phi) is 1.68. The molecule has 1 aromatic rings. The quantitative estimate of drug-likeness (QED) is 0.679. The summed E-state index contributed by atoms with van der Waals surface area (Å²) in [5, 5.41) is 7.38. The number of hydrogen-bond donors (Lipinski definition) is 1. The van der Waals surface area contributed by atoms with Gasteiger partial charge in [-0.2, -0.15) is 5.10 Å². The molecule has 0 spiro atoms. The summed E-state index contributed by atoms with van der Waals surface area (Å²) in [6.07, 6.45) is 2.40. The van der Waals surface area contributed by atoms with Gasteiger partial charge in [-0.25, -0.2) is 0 Å². The first-order valence-electron chi connectivity index (χ1n) is 4.40. The number of hydrogen-bond acceptors (Lipinski definition) is 2. The van der Waals surface area contributed by atoms with Gasteiger partial charge in [0.15, 0.2) is 0 Å². The summed E-state index contributed by atoms with van der Waals surface area (Å²) in [4.78, 5) is 2.24. The molecular weight excluding hydrogens is 150 g/mol. The number of aromatic amines is 1. The van der Waals surface area contributed by atoms with E-state index < -0.39 is 0 Å². The Labute approximate surface area is 72.8 Å². The maximum atomic E-state index is 4.33. The number of aryl methyl sites for hydroxylation is 1. The van der Waals surface area contributed by atoms with Gasteiger partial charge in [-0.3, -0.25) is 5.10 Å². The summed E-state index contributed by atoms with van der Waals surface area (Å²) in [5.41, 5.74) is 3.94. The Hall–Kier alpha value is -0.830. The molecule has 0 radical (unpaired) electrons. The molecule has 0 fully saturated rings. The van der Waals surface area contributed by atoms with Crippen molar-refractivity contribution in [3.8, 4) is 0 Å². The van der Waals surface area contributed by atoms with E-state index in [9.17, 15) is 0 Å². The number of nitrogens with one attached hydrogen (secondary N) is 1. The highest BCUT2D eigenvalue weighted by atomic mass is 15.2. The lowest BCUT2D eigenvalue weighted by Gasteiger charge is -2.17. The highest BCUT2D eigenvalue weighted by Crippen LogP contribution is 2.33. The van der Waals surface area contributed by atoms with Gasteiger partial charge in [-0.1, -0.05) is 0 Å². The van der Waals surface area contributed by atoms with Gasteiger partial charge < -0.3 is 4.90 Å². The summed E-state index contributed by atoms with van der Waals surface area (Å²) in [5.74, 6) is 0. The zero-order chi connectivity index (χ0) is 8.72. The molecule has 1 atom stereocenters. The molecule has 1 N–H and O–H groups in total. The molecule has 1 aliphatic carbocycles. The van der Waals surface area contributed by atoms with Gasteiger partial charge in [0, 0.05) is 5.69 Å². The summed E-state index contributed by atoms with van der Waals surface area (Å²) in [6.45, 7) is 2.10. The van der Waals surface area contributed by atoms with Crippen molar-refractivity contribution in [2.24, 2.45) is 0 Å². The Balaban J connectivity index is 2.36. The minimum absolute atomic E-state index is 0.532. The molecule has 1 aromatic heterocycles. The number of aromatic nitrogens is 2. The molecule has 0 amide bonds. The van der Waals surface area contributed by atoms with E-state index in [4.69, 9.17) is 0 Å². The van der Waals surface area contributed by atoms with E-state index >= 15 is 0 Å². The van der Waals surface area contributed by atoms with Crippen molar-refractivity contribution >= 4 is 0 Å². The van der Waals surface area contributed by atoms with Crippen molar-refractivity contribution in [2.75, 3.05) is 14.1 Å². The molecule has 1 aliphatic rings. The first-order chi connectivity index (χ1) is 5.70. The Bertz CT molecular complexity index is 288. The summed E-state index contributed by atoms with van der Waals surface area (Å²) >= 11 is 0. The molecule has 0 aliphatic heterocycles. The van der Waals surface area contributed by atoms with Crippen LogP contribution in [0.25, 0.3) is 0 Å². The predicted molar refractivity (Wildman–Crippen MR) is 48.1 cm³/mol. The minimum Gasteiger partial charge on any atom is -0.301 e. The van der Waals surface area contributed by atoms with Gasteiger partial charge in [-0.15, -0.1) is 0 Å². The molecule has 12 heavy (non-hydrogen) atoms. The average molecular weight is 165 g/mol. The summed E-state index contributed by atoms with van der Waals surface area (Å²) in [6, 6.07) is 0.532. The van der Waals surface area contributed by atoms with Crippen LogP contribution in [-0.4, -0.2) is 29.2 Å². The number of nitrogens with zero attached hydrogens (tertiary/aromatic N) is 2. The van der Waals surface area contributed by atoms with E-state index in [2.05, 4.69) is 36.1 Å². The van der Waals surface area contributed by atoms with Gasteiger partial charge >= 0.3 is 0 Å². The van der Waals surface area contributed by atoms with Crippen LogP contribution in [0.1, 0.15) is 29.4 Å². The fourth-order valence-electron chi connectivity index (χ4n) is 1.98. The van der Waals surface area contributed by atoms with E-state index in [1.54, 1.807) is 0 Å². The van der Waals surface area contributed by atoms with E-state index in [1.807, 2.05) is 0 Å². The van der Waals surface area contributed by atoms with E-state index in [0.29, 0.717) is 6.04 Å². The Morgan fingerprint density at radius 2 is 2.25 bits per heavy atom. The average Bonchev–Trinajstić information content (AvgIpc) is 2.53. The fraction of sp³-hybridized carbons (Fsp3) is 0.667. The van der Waals surface area contributed by atoms with Crippen LogP contribution in [0.2, 0.25) is 0 Å². The van der Waals surface area contributed by atoms with Crippen molar-refractivity contribution in [2.45, 2.75) is 25.8 Å². The lowest BCUT2D eigenvalue weighted by atomic mass is 10.2. The molecular formula is C9H15N3. The standard InChI is InChI=1S/C9H15N3/c1-6-7-4-5-8(12(2)3)9(7)11-10-6/h8H,4-5H2,1-3H3,(H,10,11)/t8-/m1/s1. The Morgan fingerprint density at radius 1 is 1.50 bits per heavy atom. The second-order valence-corrected chi connectivity index (χ2v) is 3.73. The molecule has 0 unspecified atom stereocenters. The zero-order valence-electron chi connectivity index (χ0n) is 7.89. The van der Waals surface area contributed by atoms with Crippen LogP contribution in [0.3, 0.4) is 0 Å². The van der Waals surface area contributed by atoms with Crippen molar-refractivity contribution in [1.82, 2.24) is 15.1 Å². The minimum atomic E-state index is 0.532. The lowest BCUT2D eigenvalue weighted by molar-refractivity contribution is 0.293. The van der Waals surface area contributed by atoms with Crippen molar-refractivity contribution < 1.29 is 0 Å². The molecule has 2 rings (SSSR count). The second kappa shape index (κ2) is 2.59. The fourth-order valence-corrected chi connectivity index (χ4v) is 1.98. The second-order valence-electron chi connectivity index (χ2n) is 3.73. The van der Waals surface area contributed by atoms with Crippen LogP contribution in [-0.2, 0) is 6.42 Å². The Morgan fingerprint density at radius 3 is 2.92 bits per heavy atom. The maximum absolute atomic E-state index is 4.33. The summed E-state index contributed by atoms with van der Waals surface area (Å²) in [7, 11) is 4.23. The van der Waals surface area contributed by atoms with Gasteiger partial charge in [-0.05, 0) is 39.4 Å². The normalized spacial score (nSPS) is 21.8. The van der Waals surface area contributed by atoms with Crippen molar-refractivity contribution in [3.05, 3.63) is 17.0 Å². The third-order valence-corrected chi connectivity index (χ3v) is 2.71. The third kappa shape index (κ3) is 0.966. The first kappa shape index (κ1) is 7.80. The molecule has 3 heteroatoms. The van der Waals surface area contributed by atoms with Crippen LogP contribution in [0.4, 0.5) is 0 Å². The SMILES string of the molecule is Cc1[nH]nc2c1CC[C@H]2N(C)C. The highest BCUT2D eigenvalue weighted by Gasteiger charge is 2.27. The van der Waals surface area contributed by atoms with E-state index in [0.717, 1.165) is 0 Å². The molecule has 0 saturated carbocycles. The van der Waals surface area contributed by atoms with Crippen LogP contribution in [0, 0.1) is 6.92 Å². The predicted octanol–water partition coefficient (Wildman–Crippen LogP) is 1.27. The number of H-pyrrole nitrogens is 1. The van der Waals surface area contributed by atoms with Gasteiger partial charge in [0.1, 0.15) is 0 Å². The molecule has 66 valence electrons. The third-order valence-electron chi connectivity index (χ3n) is 2.71. The topological polar surface area (TPSA) is 31.9 Å². The van der Waals surface area contributed by atoms with Crippen LogP contribution >= 0.6 is 0 Å². The summed E-state index contributed by atoms with van der Waals surface area (Å²) < 4.78 is 0. The number of fused-ring (bicyclic) bond motifs is 1. The maximum Gasteiger partial charge on any atom is 0.0828 e. The molecule has 3 nitrogen and oxygen atoms in total. The molecule has 0 bridgehead atoms. The van der Waals surface area contributed by atoms with Gasteiger partial charge in [0.2, 0.25) is 0 Å². The lowest BCUT2D eigenvalue weighted by Crippen LogP contribution is -2.17. The molecule has 0 saturated heterocycles. The first-order valence-corrected chi connectivity index (χ1v) is 4.40. The van der Waals surface area contributed by atoms with E-state index in [1.165, 1.54) is 29.8 Å². The van der Waals surface area contributed by atoms with Crippen LogP contribution < -0.4 is 0 Å². The van der Waals surface area contributed by atoms with Gasteiger partial charge in [0.25, 0.3) is 0 Å². The van der Waals surface area contributed by atoms with E-state index in [-0.39, 0.29) is 0 Å². The smallest absolute Gasteiger partial charge is 0.0828 e. The zero-order valence-corrected chi connectivity index (χ0v) is 7.89. The highest BCUT2D eigenvalue weighted by molar-refractivity contribution is 5.31. The largest absolute Gasteiger partial charge is 0.301 e. The van der Waals surface area contributed by atoms with Crippen LogP contribution in [0.5, 0.6) is 0 Å². The van der Waals surface area contributed by atoms with Crippen LogP contribution in [0.15, 0.2) is 0 Å². The monoisotopic (exact) mass is 165 g/mol. The molecule has 0 aromatic carbocycles. The molecule has 1 heterocycles.